The van der Waals surface area contributed by atoms with Gasteiger partial charge in [-0.05, 0) is 24.3 Å². The Bertz CT molecular complexity index is 472. The highest BCUT2D eigenvalue weighted by Crippen LogP contribution is 2.20. The molecule has 2 rings (SSSR count). The topological polar surface area (TPSA) is 57.6 Å². The average Bonchev–Trinajstić information content (AvgIpc) is 2.58. The van der Waals surface area contributed by atoms with Gasteiger partial charge in [0.1, 0.15) is 6.04 Å². The monoisotopic (exact) mass is 275 g/mol. The summed E-state index contributed by atoms with van der Waals surface area (Å²) in [7, 11) is 0. The molecule has 1 aliphatic heterocycles. The lowest BCUT2D eigenvalue weighted by Crippen LogP contribution is -2.47. The van der Waals surface area contributed by atoms with Gasteiger partial charge in [-0.3, -0.25) is 4.79 Å². The molecule has 0 saturated carbocycles. The zero-order chi connectivity index (χ0) is 14.5. The normalized spacial score (nSPS) is 21.4. The van der Waals surface area contributed by atoms with E-state index in [0.29, 0.717) is 25.3 Å². The highest BCUT2D eigenvalue weighted by Gasteiger charge is 2.32. The van der Waals surface area contributed by atoms with Crippen molar-refractivity contribution in [2.24, 2.45) is 5.92 Å². The highest BCUT2D eigenvalue weighted by molar-refractivity contribution is 5.84. The molecule has 1 N–H and O–H groups in total. The number of aliphatic carboxylic acids is 1. The molecule has 1 saturated heterocycles. The van der Waals surface area contributed by atoms with Gasteiger partial charge in [0.2, 0.25) is 5.91 Å². The van der Waals surface area contributed by atoms with Gasteiger partial charge in [-0.25, -0.2) is 4.79 Å². The molecule has 20 heavy (non-hydrogen) atoms. The van der Waals surface area contributed by atoms with E-state index < -0.39 is 12.0 Å². The largest absolute Gasteiger partial charge is 0.480 e. The van der Waals surface area contributed by atoms with Gasteiger partial charge < -0.3 is 10.0 Å². The summed E-state index contributed by atoms with van der Waals surface area (Å²) in [5.41, 5.74) is 0.949. The number of carboxylic acid groups (broad SMARTS) is 1. The Morgan fingerprint density at radius 3 is 2.75 bits per heavy atom. The molecule has 0 aliphatic carbocycles. The number of carboxylic acids is 1. The van der Waals surface area contributed by atoms with E-state index in [1.54, 1.807) is 4.90 Å². The van der Waals surface area contributed by atoms with E-state index in [9.17, 15) is 14.7 Å². The van der Waals surface area contributed by atoms with Crippen LogP contribution in [0.1, 0.15) is 31.7 Å². The minimum Gasteiger partial charge on any atom is -0.480 e. The summed E-state index contributed by atoms with van der Waals surface area (Å²) in [4.78, 5) is 25.3. The first-order valence-corrected chi connectivity index (χ1v) is 7.14. The minimum atomic E-state index is -0.920. The summed E-state index contributed by atoms with van der Waals surface area (Å²) in [6, 6.07) is 8.73. The molecule has 1 heterocycles. The smallest absolute Gasteiger partial charge is 0.326 e. The van der Waals surface area contributed by atoms with Crippen molar-refractivity contribution in [2.75, 3.05) is 6.54 Å². The molecule has 0 unspecified atom stereocenters. The number of benzene rings is 1. The number of hydrogen-bond donors (Lipinski definition) is 1. The van der Waals surface area contributed by atoms with E-state index in [1.807, 2.05) is 30.3 Å². The van der Waals surface area contributed by atoms with Crippen molar-refractivity contribution in [1.29, 1.82) is 0 Å². The first kappa shape index (κ1) is 14.6. The van der Waals surface area contributed by atoms with Crippen molar-refractivity contribution in [2.45, 2.75) is 38.6 Å². The van der Waals surface area contributed by atoms with Crippen LogP contribution in [0.25, 0.3) is 0 Å². The summed E-state index contributed by atoms with van der Waals surface area (Å²) in [6.45, 7) is 2.62. The molecule has 0 aromatic heterocycles. The Morgan fingerprint density at radius 2 is 2.10 bits per heavy atom. The zero-order valence-corrected chi connectivity index (χ0v) is 11.8. The Kier molecular flexibility index (Phi) is 4.77. The maximum absolute atomic E-state index is 12.2. The molecule has 1 aromatic carbocycles. The molecular weight excluding hydrogens is 254 g/mol. The average molecular weight is 275 g/mol. The quantitative estimate of drug-likeness (QED) is 0.917. The van der Waals surface area contributed by atoms with Crippen LogP contribution in [0.5, 0.6) is 0 Å². The van der Waals surface area contributed by atoms with Crippen molar-refractivity contribution >= 4 is 11.9 Å². The van der Waals surface area contributed by atoms with Crippen molar-refractivity contribution in [3.63, 3.8) is 0 Å². The summed E-state index contributed by atoms with van der Waals surface area (Å²) >= 11 is 0. The van der Waals surface area contributed by atoms with Crippen LogP contribution in [0.4, 0.5) is 0 Å². The van der Waals surface area contributed by atoms with Crippen LogP contribution in [0.3, 0.4) is 0 Å². The SMILES string of the molecule is C[C@@H]1CCCC(=O)N([C@H](Cc2ccccc2)C(=O)O)C1. The third kappa shape index (κ3) is 3.59. The van der Waals surface area contributed by atoms with Crippen molar-refractivity contribution in [1.82, 2.24) is 4.90 Å². The van der Waals surface area contributed by atoms with Gasteiger partial charge in [-0.1, -0.05) is 37.3 Å². The van der Waals surface area contributed by atoms with Gasteiger partial charge in [0.15, 0.2) is 0 Å². The van der Waals surface area contributed by atoms with Gasteiger partial charge >= 0.3 is 5.97 Å². The fourth-order valence-corrected chi connectivity index (χ4v) is 2.74. The van der Waals surface area contributed by atoms with Gasteiger partial charge in [0.25, 0.3) is 0 Å². The van der Waals surface area contributed by atoms with Gasteiger partial charge in [-0.15, -0.1) is 0 Å². The Balaban J connectivity index is 2.18. The van der Waals surface area contributed by atoms with Gasteiger partial charge in [0.05, 0.1) is 0 Å². The summed E-state index contributed by atoms with van der Waals surface area (Å²) in [5, 5.41) is 9.49. The second-order valence-corrected chi connectivity index (χ2v) is 5.59. The number of nitrogens with zero attached hydrogens (tertiary/aromatic N) is 1. The Morgan fingerprint density at radius 1 is 1.40 bits per heavy atom. The lowest BCUT2D eigenvalue weighted by Gasteiger charge is -2.29. The van der Waals surface area contributed by atoms with Crippen LogP contribution >= 0.6 is 0 Å². The maximum atomic E-state index is 12.2. The summed E-state index contributed by atoms with van der Waals surface area (Å²) in [6.07, 6.45) is 2.67. The standard InChI is InChI=1S/C16H21NO3/c1-12-6-5-9-15(18)17(11-12)14(16(19)20)10-13-7-3-2-4-8-13/h2-4,7-8,12,14H,5-6,9-11H2,1H3,(H,19,20)/t12-,14-/m1/s1. The number of rotatable bonds is 4. The number of carbonyl (C=O) groups is 2. The molecule has 1 aliphatic rings. The lowest BCUT2D eigenvalue weighted by atomic mass is 10.0. The van der Waals surface area contributed by atoms with E-state index in [2.05, 4.69) is 6.92 Å². The lowest BCUT2D eigenvalue weighted by molar-refractivity contribution is -0.150. The fourth-order valence-electron chi connectivity index (χ4n) is 2.74. The van der Waals surface area contributed by atoms with E-state index >= 15 is 0 Å². The van der Waals surface area contributed by atoms with E-state index in [0.717, 1.165) is 18.4 Å². The van der Waals surface area contributed by atoms with Crippen LogP contribution in [0.2, 0.25) is 0 Å². The molecular formula is C16H21NO3. The van der Waals surface area contributed by atoms with E-state index in [-0.39, 0.29) is 5.91 Å². The molecule has 1 amide bonds. The fraction of sp³-hybridized carbons (Fsp3) is 0.500. The minimum absolute atomic E-state index is 0.0299. The Hall–Kier alpha value is -1.84. The molecule has 4 heteroatoms. The van der Waals surface area contributed by atoms with Crippen molar-refractivity contribution in [3.05, 3.63) is 35.9 Å². The van der Waals surface area contributed by atoms with Crippen LogP contribution in [0.15, 0.2) is 30.3 Å². The molecule has 2 atom stereocenters. The van der Waals surface area contributed by atoms with Gasteiger partial charge in [0, 0.05) is 19.4 Å². The third-order valence-electron chi connectivity index (χ3n) is 3.85. The molecule has 0 spiro atoms. The Labute approximate surface area is 119 Å². The van der Waals surface area contributed by atoms with Crippen LogP contribution in [-0.4, -0.2) is 34.5 Å². The molecule has 1 aromatic rings. The van der Waals surface area contributed by atoms with Crippen LogP contribution < -0.4 is 0 Å². The zero-order valence-electron chi connectivity index (χ0n) is 11.8. The molecule has 0 radical (unpaired) electrons. The predicted molar refractivity (Wildman–Crippen MR) is 76.3 cm³/mol. The van der Waals surface area contributed by atoms with E-state index in [4.69, 9.17) is 0 Å². The second kappa shape index (κ2) is 6.55. The highest BCUT2D eigenvalue weighted by atomic mass is 16.4. The maximum Gasteiger partial charge on any atom is 0.326 e. The van der Waals surface area contributed by atoms with Crippen LogP contribution in [-0.2, 0) is 16.0 Å². The van der Waals surface area contributed by atoms with Crippen molar-refractivity contribution < 1.29 is 14.7 Å². The number of carbonyl (C=O) groups excluding carboxylic acids is 1. The second-order valence-electron chi connectivity index (χ2n) is 5.59. The van der Waals surface area contributed by atoms with Crippen LogP contribution in [0, 0.1) is 5.92 Å². The summed E-state index contributed by atoms with van der Waals surface area (Å²) in [5.74, 6) is -0.590. The van der Waals surface area contributed by atoms with Crippen molar-refractivity contribution in [3.8, 4) is 0 Å². The van der Waals surface area contributed by atoms with Gasteiger partial charge in [-0.2, -0.15) is 0 Å². The number of amides is 1. The van der Waals surface area contributed by atoms with E-state index in [1.165, 1.54) is 0 Å². The predicted octanol–water partition coefficient (Wildman–Crippen LogP) is 2.33. The molecule has 108 valence electrons. The first-order chi connectivity index (χ1) is 9.58. The molecule has 1 fully saturated rings. The summed E-state index contributed by atoms with van der Waals surface area (Å²) < 4.78 is 0. The number of hydrogen-bond acceptors (Lipinski definition) is 2. The third-order valence-corrected chi connectivity index (χ3v) is 3.85. The molecule has 4 nitrogen and oxygen atoms in total. The molecule has 0 bridgehead atoms. The number of likely N-dealkylation sites (tertiary alicyclic amines) is 1. The first-order valence-electron chi connectivity index (χ1n) is 7.14.